The van der Waals surface area contributed by atoms with Crippen LogP contribution in [0.1, 0.15) is 32.7 Å². The Bertz CT molecular complexity index is 881. The lowest BCUT2D eigenvalue weighted by Gasteiger charge is -2.36. The van der Waals surface area contributed by atoms with E-state index in [1.807, 2.05) is 34.7 Å². The molecule has 6 heteroatoms. The quantitative estimate of drug-likeness (QED) is 0.741. The molecule has 0 radical (unpaired) electrons. The molecule has 1 amide bonds. The number of amides is 1. The molecule has 1 aliphatic rings. The van der Waals surface area contributed by atoms with Gasteiger partial charge in [-0.1, -0.05) is 36.4 Å². The number of pyridine rings is 1. The van der Waals surface area contributed by atoms with Gasteiger partial charge < -0.3 is 10.2 Å². The Morgan fingerprint density at radius 3 is 2.89 bits per heavy atom. The third-order valence-corrected chi connectivity index (χ3v) is 5.72. The summed E-state index contributed by atoms with van der Waals surface area (Å²) < 4.78 is 0. The van der Waals surface area contributed by atoms with Crippen molar-refractivity contribution in [3.8, 4) is 0 Å². The van der Waals surface area contributed by atoms with Gasteiger partial charge in [0.25, 0.3) is 5.91 Å². The Labute approximate surface area is 163 Å². The molecule has 1 saturated heterocycles. The molecule has 3 heterocycles. The van der Waals surface area contributed by atoms with Gasteiger partial charge in [-0.2, -0.15) is 0 Å². The van der Waals surface area contributed by atoms with Crippen molar-refractivity contribution in [2.24, 2.45) is 0 Å². The van der Waals surface area contributed by atoms with E-state index < -0.39 is 0 Å². The van der Waals surface area contributed by atoms with Gasteiger partial charge in [0.2, 0.25) is 0 Å². The van der Waals surface area contributed by atoms with Crippen molar-refractivity contribution >= 4 is 17.2 Å². The standard InChI is InChI=1S/C21H22N4OS/c26-21(25-12-11-23-14-19(25)17-7-4-10-22-13-17)18-15-27-20(24-18)9-8-16-5-2-1-3-6-16/h1-7,10,13,15,19,23H,8-9,11-12,14H2. The van der Waals surface area contributed by atoms with Crippen LogP contribution in [0.3, 0.4) is 0 Å². The van der Waals surface area contributed by atoms with Gasteiger partial charge >= 0.3 is 0 Å². The van der Waals surface area contributed by atoms with Gasteiger partial charge in [0.1, 0.15) is 5.69 Å². The van der Waals surface area contributed by atoms with Gasteiger partial charge in [0.15, 0.2) is 0 Å². The zero-order chi connectivity index (χ0) is 18.5. The summed E-state index contributed by atoms with van der Waals surface area (Å²) in [5, 5.41) is 6.28. The van der Waals surface area contributed by atoms with Gasteiger partial charge in [0, 0.05) is 43.8 Å². The molecule has 1 N–H and O–H groups in total. The van der Waals surface area contributed by atoms with Crippen LogP contribution in [-0.4, -0.2) is 40.4 Å². The highest BCUT2D eigenvalue weighted by atomic mass is 32.1. The van der Waals surface area contributed by atoms with Crippen LogP contribution in [0.4, 0.5) is 0 Å². The fourth-order valence-electron chi connectivity index (χ4n) is 3.39. The number of nitrogens with one attached hydrogen (secondary N) is 1. The van der Waals surface area contributed by atoms with Crippen LogP contribution < -0.4 is 5.32 Å². The first kappa shape index (κ1) is 17.8. The second-order valence-corrected chi connectivity index (χ2v) is 7.56. The van der Waals surface area contributed by atoms with Crippen LogP contribution >= 0.6 is 11.3 Å². The number of benzene rings is 1. The summed E-state index contributed by atoms with van der Waals surface area (Å²) >= 11 is 1.57. The molecule has 0 saturated carbocycles. The molecular weight excluding hydrogens is 356 g/mol. The SMILES string of the molecule is O=C(c1csc(CCc2ccccc2)n1)N1CCNCC1c1cccnc1. The van der Waals surface area contributed by atoms with Crippen LogP contribution in [0, 0.1) is 0 Å². The second kappa shape index (κ2) is 8.41. The van der Waals surface area contributed by atoms with Crippen molar-refractivity contribution in [3.63, 3.8) is 0 Å². The van der Waals surface area contributed by atoms with E-state index in [1.165, 1.54) is 5.56 Å². The molecule has 4 rings (SSSR count). The summed E-state index contributed by atoms with van der Waals surface area (Å²) in [6.07, 6.45) is 5.39. The molecule has 1 unspecified atom stereocenters. The van der Waals surface area contributed by atoms with E-state index in [-0.39, 0.29) is 11.9 Å². The highest BCUT2D eigenvalue weighted by Gasteiger charge is 2.29. The van der Waals surface area contributed by atoms with E-state index >= 15 is 0 Å². The molecular formula is C21H22N4OS. The van der Waals surface area contributed by atoms with Crippen molar-refractivity contribution < 1.29 is 4.79 Å². The Balaban J connectivity index is 1.46. The number of carbonyl (C=O) groups excluding carboxylic acids is 1. The monoisotopic (exact) mass is 378 g/mol. The van der Waals surface area contributed by atoms with E-state index in [9.17, 15) is 4.79 Å². The van der Waals surface area contributed by atoms with Crippen molar-refractivity contribution in [1.29, 1.82) is 0 Å². The summed E-state index contributed by atoms with van der Waals surface area (Å²) in [5.41, 5.74) is 2.90. The van der Waals surface area contributed by atoms with Crippen molar-refractivity contribution in [2.45, 2.75) is 18.9 Å². The number of carbonyl (C=O) groups is 1. The fourth-order valence-corrected chi connectivity index (χ4v) is 4.16. The van der Waals surface area contributed by atoms with Crippen LogP contribution in [0.2, 0.25) is 0 Å². The normalized spacial score (nSPS) is 17.0. The van der Waals surface area contributed by atoms with Gasteiger partial charge in [-0.3, -0.25) is 9.78 Å². The van der Waals surface area contributed by atoms with E-state index in [0.717, 1.165) is 36.5 Å². The molecule has 0 spiro atoms. The molecule has 3 aromatic rings. The number of hydrogen-bond donors (Lipinski definition) is 1. The Hall–Kier alpha value is -2.57. The van der Waals surface area contributed by atoms with Crippen LogP contribution in [0.5, 0.6) is 0 Å². The maximum Gasteiger partial charge on any atom is 0.273 e. The van der Waals surface area contributed by atoms with Crippen molar-refractivity contribution in [3.05, 3.63) is 82.1 Å². The van der Waals surface area contributed by atoms with Gasteiger partial charge in [-0.05, 0) is 23.6 Å². The molecule has 0 bridgehead atoms. The maximum absolute atomic E-state index is 13.1. The molecule has 27 heavy (non-hydrogen) atoms. The summed E-state index contributed by atoms with van der Waals surface area (Å²) in [6, 6.07) is 14.3. The Morgan fingerprint density at radius 1 is 1.19 bits per heavy atom. The first-order valence-electron chi connectivity index (χ1n) is 9.21. The number of piperazine rings is 1. The Kier molecular flexibility index (Phi) is 5.55. The average Bonchev–Trinajstić information content (AvgIpc) is 3.22. The van der Waals surface area contributed by atoms with Crippen LogP contribution in [-0.2, 0) is 12.8 Å². The Morgan fingerprint density at radius 2 is 2.07 bits per heavy atom. The average molecular weight is 379 g/mol. The zero-order valence-corrected chi connectivity index (χ0v) is 15.9. The lowest BCUT2D eigenvalue weighted by atomic mass is 10.0. The molecule has 5 nitrogen and oxygen atoms in total. The summed E-state index contributed by atoms with van der Waals surface area (Å²) in [6.45, 7) is 2.21. The van der Waals surface area contributed by atoms with Gasteiger partial charge in [-0.25, -0.2) is 4.98 Å². The predicted molar refractivity (Wildman–Crippen MR) is 107 cm³/mol. The number of rotatable bonds is 5. The number of aryl methyl sites for hydroxylation is 2. The largest absolute Gasteiger partial charge is 0.328 e. The molecule has 1 aliphatic heterocycles. The number of nitrogens with zero attached hydrogens (tertiary/aromatic N) is 3. The first-order chi connectivity index (χ1) is 13.3. The number of aromatic nitrogens is 2. The third-order valence-electron chi connectivity index (χ3n) is 4.81. The lowest BCUT2D eigenvalue weighted by Crippen LogP contribution is -2.48. The molecule has 2 aromatic heterocycles. The first-order valence-corrected chi connectivity index (χ1v) is 10.1. The predicted octanol–water partition coefficient (Wildman–Crippen LogP) is 3.11. The number of hydrogen-bond acceptors (Lipinski definition) is 5. The van der Waals surface area contributed by atoms with Crippen molar-refractivity contribution in [1.82, 2.24) is 20.2 Å². The minimum absolute atomic E-state index is 0.00517. The minimum Gasteiger partial charge on any atom is -0.328 e. The molecule has 0 aliphatic carbocycles. The second-order valence-electron chi connectivity index (χ2n) is 6.62. The third kappa shape index (κ3) is 4.23. The van der Waals surface area contributed by atoms with E-state index in [2.05, 4.69) is 39.6 Å². The van der Waals surface area contributed by atoms with E-state index in [4.69, 9.17) is 0 Å². The van der Waals surface area contributed by atoms with Gasteiger partial charge in [-0.15, -0.1) is 11.3 Å². The maximum atomic E-state index is 13.1. The lowest BCUT2D eigenvalue weighted by molar-refractivity contribution is 0.0628. The highest BCUT2D eigenvalue weighted by molar-refractivity contribution is 7.09. The highest BCUT2D eigenvalue weighted by Crippen LogP contribution is 2.24. The molecule has 1 fully saturated rings. The summed E-state index contributed by atoms with van der Waals surface area (Å²) in [5.74, 6) is 0.00700. The molecule has 1 aromatic carbocycles. The molecule has 1 atom stereocenters. The summed E-state index contributed by atoms with van der Waals surface area (Å²) in [4.78, 5) is 23.8. The fraction of sp³-hybridized carbons (Fsp3) is 0.286. The van der Waals surface area contributed by atoms with Crippen LogP contribution in [0.15, 0.2) is 60.2 Å². The van der Waals surface area contributed by atoms with Gasteiger partial charge in [0.05, 0.1) is 11.0 Å². The minimum atomic E-state index is -0.00517. The smallest absolute Gasteiger partial charge is 0.273 e. The van der Waals surface area contributed by atoms with Crippen LogP contribution in [0.25, 0.3) is 0 Å². The summed E-state index contributed by atoms with van der Waals surface area (Å²) in [7, 11) is 0. The topological polar surface area (TPSA) is 58.1 Å². The zero-order valence-electron chi connectivity index (χ0n) is 15.0. The van der Waals surface area contributed by atoms with Crippen molar-refractivity contribution in [2.75, 3.05) is 19.6 Å². The van der Waals surface area contributed by atoms with E-state index in [1.54, 1.807) is 17.5 Å². The van der Waals surface area contributed by atoms with E-state index in [0.29, 0.717) is 12.2 Å². The number of thiazole rings is 1. The molecule has 138 valence electrons.